The summed E-state index contributed by atoms with van der Waals surface area (Å²) in [5, 5.41) is 8.13. The van der Waals surface area contributed by atoms with E-state index in [0.717, 1.165) is 6.54 Å². The van der Waals surface area contributed by atoms with E-state index in [2.05, 4.69) is 58.5 Å². The van der Waals surface area contributed by atoms with Crippen molar-refractivity contribution in [3.05, 3.63) is 69.2 Å². The maximum Gasteiger partial charge on any atom is 0.0351 e. The van der Waals surface area contributed by atoms with Crippen molar-refractivity contribution >= 4 is 22.7 Å². The SMILES string of the molecule is c1csc(-c2csc(CNC3Cc4ccccc4C3)c2)c1. The van der Waals surface area contributed by atoms with Gasteiger partial charge in [-0.15, -0.1) is 22.7 Å². The van der Waals surface area contributed by atoms with Crippen LogP contribution in [-0.2, 0) is 19.4 Å². The first kappa shape index (κ1) is 13.3. The van der Waals surface area contributed by atoms with Crippen molar-refractivity contribution < 1.29 is 0 Å². The van der Waals surface area contributed by atoms with Crippen LogP contribution in [0.25, 0.3) is 10.4 Å². The summed E-state index contributed by atoms with van der Waals surface area (Å²) >= 11 is 3.67. The molecule has 0 aliphatic heterocycles. The van der Waals surface area contributed by atoms with Gasteiger partial charge in [0, 0.05) is 27.9 Å². The zero-order chi connectivity index (χ0) is 14.1. The van der Waals surface area contributed by atoms with Crippen molar-refractivity contribution in [2.45, 2.75) is 25.4 Å². The highest BCUT2D eigenvalue weighted by atomic mass is 32.1. The fourth-order valence-electron chi connectivity index (χ4n) is 2.99. The third kappa shape index (κ3) is 2.82. The van der Waals surface area contributed by atoms with Crippen LogP contribution in [-0.4, -0.2) is 6.04 Å². The maximum atomic E-state index is 3.72. The van der Waals surface area contributed by atoms with Crippen LogP contribution >= 0.6 is 22.7 Å². The van der Waals surface area contributed by atoms with Crippen molar-refractivity contribution in [1.29, 1.82) is 0 Å². The molecule has 3 heteroatoms. The lowest BCUT2D eigenvalue weighted by Gasteiger charge is -2.10. The van der Waals surface area contributed by atoms with E-state index in [4.69, 9.17) is 0 Å². The Bertz CT molecular complexity index is 702. The molecule has 4 rings (SSSR count). The monoisotopic (exact) mass is 311 g/mol. The Morgan fingerprint density at radius 2 is 1.81 bits per heavy atom. The van der Waals surface area contributed by atoms with Gasteiger partial charge in [0.15, 0.2) is 0 Å². The van der Waals surface area contributed by atoms with Crippen LogP contribution in [0.2, 0.25) is 0 Å². The van der Waals surface area contributed by atoms with E-state index in [1.807, 2.05) is 22.7 Å². The fourth-order valence-corrected chi connectivity index (χ4v) is 4.62. The van der Waals surface area contributed by atoms with Crippen molar-refractivity contribution in [3.63, 3.8) is 0 Å². The van der Waals surface area contributed by atoms with Gasteiger partial charge in [0.05, 0.1) is 0 Å². The first-order valence-corrected chi connectivity index (χ1v) is 9.06. The molecule has 0 spiro atoms. The number of benzene rings is 1. The van der Waals surface area contributed by atoms with Crippen LogP contribution in [0.1, 0.15) is 16.0 Å². The van der Waals surface area contributed by atoms with E-state index in [1.54, 1.807) is 0 Å². The molecule has 0 unspecified atom stereocenters. The fraction of sp³-hybridized carbons (Fsp3) is 0.222. The minimum atomic E-state index is 0.592. The third-order valence-electron chi connectivity index (χ3n) is 4.08. The summed E-state index contributed by atoms with van der Waals surface area (Å²) in [5.74, 6) is 0. The Labute approximate surface area is 133 Å². The van der Waals surface area contributed by atoms with Gasteiger partial charge in [-0.3, -0.25) is 0 Å². The minimum Gasteiger partial charge on any atom is -0.308 e. The number of fused-ring (bicyclic) bond motifs is 1. The molecule has 1 aromatic carbocycles. The van der Waals surface area contributed by atoms with Gasteiger partial charge in [0.2, 0.25) is 0 Å². The molecule has 1 aliphatic rings. The van der Waals surface area contributed by atoms with Crippen LogP contribution in [0.4, 0.5) is 0 Å². The second-order valence-corrected chi connectivity index (χ2v) is 7.48. The van der Waals surface area contributed by atoms with Crippen LogP contribution in [0, 0.1) is 0 Å². The number of hydrogen-bond acceptors (Lipinski definition) is 3. The van der Waals surface area contributed by atoms with Gasteiger partial charge < -0.3 is 5.32 Å². The normalized spacial score (nSPS) is 14.5. The molecule has 2 aromatic heterocycles. The predicted octanol–water partition coefficient (Wildman–Crippen LogP) is 4.73. The Morgan fingerprint density at radius 3 is 2.52 bits per heavy atom. The topological polar surface area (TPSA) is 12.0 Å². The van der Waals surface area contributed by atoms with Gasteiger partial charge in [-0.05, 0) is 46.9 Å². The first-order chi connectivity index (χ1) is 10.4. The molecular formula is C18H17NS2. The number of hydrogen-bond donors (Lipinski definition) is 1. The minimum absolute atomic E-state index is 0.592. The molecule has 1 N–H and O–H groups in total. The van der Waals surface area contributed by atoms with Gasteiger partial charge in [0.25, 0.3) is 0 Å². The average molecular weight is 311 g/mol. The second-order valence-electron chi connectivity index (χ2n) is 5.53. The zero-order valence-corrected chi connectivity index (χ0v) is 13.3. The summed E-state index contributed by atoms with van der Waals surface area (Å²) in [6, 6.07) is 16.0. The maximum absolute atomic E-state index is 3.72. The zero-order valence-electron chi connectivity index (χ0n) is 11.7. The Kier molecular flexibility index (Phi) is 3.63. The third-order valence-corrected chi connectivity index (χ3v) is 5.93. The Hall–Kier alpha value is -1.42. The van der Waals surface area contributed by atoms with E-state index in [1.165, 1.54) is 39.3 Å². The Balaban J connectivity index is 1.38. The summed E-state index contributed by atoms with van der Waals surface area (Å²) in [4.78, 5) is 2.79. The second kappa shape index (κ2) is 5.76. The molecule has 0 amide bonds. The van der Waals surface area contributed by atoms with Crippen LogP contribution < -0.4 is 5.32 Å². The van der Waals surface area contributed by atoms with Crippen LogP contribution in [0.15, 0.2) is 53.2 Å². The molecule has 3 aromatic rings. The highest BCUT2D eigenvalue weighted by molar-refractivity contribution is 7.14. The van der Waals surface area contributed by atoms with Gasteiger partial charge in [-0.2, -0.15) is 0 Å². The molecule has 1 aliphatic carbocycles. The van der Waals surface area contributed by atoms with Crippen molar-refractivity contribution in [2.24, 2.45) is 0 Å². The summed E-state index contributed by atoms with van der Waals surface area (Å²) in [6.07, 6.45) is 2.33. The van der Waals surface area contributed by atoms with Gasteiger partial charge in [0.1, 0.15) is 0 Å². The van der Waals surface area contributed by atoms with Crippen LogP contribution in [0.5, 0.6) is 0 Å². The highest BCUT2D eigenvalue weighted by Crippen LogP contribution is 2.29. The summed E-state index contributed by atoms with van der Waals surface area (Å²) in [6.45, 7) is 0.981. The van der Waals surface area contributed by atoms with E-state index < -0.39 is 0 Å². The van der Waals surface area contributed by atoms with Crippen LogP contribution in [0.3, 0.4) is 0 Å². The van der Waals surface area contributed by atoms with E-state index in [9.17, 15) is 0 Å². The molecule has 1 nitrogen and oxygen atoms in total. The van der Waals surface area contributed by atoms with Crippen molar-refractivity contribution in [2.75, 3.05) is 0 Å². The average Bonchev–Trinajstić information content (AvgIpc) is 3.23. The first-order valence-electron chi connectivity index (χ1n) is 7.30. The lowest BCUT2D eigenvalue weighted by Crippen LogP contribution is -2.28. The van der Waals surface area contributed by atoms with Gasteiger partial charge in [-0.1, -0.05) is 30.3 Å². The predicted molar refractivity (Wildman–Crippen MR) is 92.1 cm³/mol. The summed E-state index contributed by atoms with van der Waals surface area (Å²) in [5.41, 5.74) is 4.39. The number of thiophene rings is 2. The quantitative estimate of drug-likeness (QED) is 0.734. The van der Waals surface area contributed by atoms with E-state index in [0.29, 0.717) is 6.04 Å². The Morgan fingerprint density at radius 1 is 1.00 bits per heavy atom. The lowest BCUT2D eigenvalue weighted by molar-refractivity contribution is 0.536. The number of nitrogens with one attached hydrogen (secondary N) is 1. The van der Waals surface area contributed by atoms with Gasteiger partial charge in [-0.25, -0.2) is 0 Å². The largest absolute Gasteiger partial charge is 0.308 e. The standard InChI is InChI=1S/C18H17NS2/c1-2-5-14-9-16(8-13(14)4-1)19-11-17-10-15(12-21-17)18-6-3-7-20-18/h1-7,10,12,16,19H,8-9,11H2. The molecule has 0 saturated heterocycles. The van der Waals surface area contributed by atoms with E-state index >= 15 is 0 Å². The molecule has 0 saturated carbocycles. The molecule has 0 radical (unpaired) electrons. The summed E-state index contributed by atoms with van der Waals surface area (Å²) in [7, 11) is 0. The van der Waals surface area contributed by atoms with Crippen molar-refractivity contribution in [1.82, 2.24) is 5.32 Å². The molecule has 0 fully saturated rings. The highest BCUT2D eigenvalue weighted by Gasteiger charge is 2.20. The van der Waals surface area contributed by atoms with E-state index in [-0.39, 0.29) is 0 Å². The summed E-state index contributed by atoms with van der Waals surface area (Å²) < 4.78 is 0. The molecule has 2 heterocycles. The smallest absolute Gasteiger partial charge is 0.0351 e. The number of rotatable bonds is 4. The molecule has 0 bridgehead atoms. The lowest BCUT2D eigenvalue weighted by atomic mass is 10.1. The van der Waals surface area contributed by atoms with Crippen molar-refractivity contribution in [3.8, 4) is 10.4 Å². The van der Waals surface area contributed by atoms with Gasteiger partial charge >= 0.3 is 0 Å². The molecule has 106 valence electrons. The molecular weight excluding hydrogens is 294 g/mol. The molecule has 21 heavy (non-hydrogen) atoms. The molecule has 0 atom stereocenters.